The van der Waals surface area contributed by atoms with Gasteiger partial charge in [0.15, 0.2) is 0 Å². The number of anilines is 1. The Hall–Kier alpha value is -0.910. The summed E-state index contributed by atoms with van der Waals surface area (Å²) < 4.78 is 0.890. The molecule has 7 heteroatoms. The van der Waals surface area contributed by atoms with Crippen LogP contribution < -0.4 is 4.90 Å². The van der Waals surface area contributed by atoms with Crippen LogP contribution in [-0.2, 0) is 4.79 Å². The van der Waals surface area contributed by atoms with Crippen LogP contribution in [0, 0.1) is 0 Å². The Morgan fingerprint density at radius 1 is 1.37 bits per heavy atom. The summed E-state index contributed by atoms with van der Waals surface area (Å²) in [5, 5.41) is 0.706. The molecule has 1 aliphatic rings. The molecule has 1 amide bonds. The number of hydrogen-bond donors (Lipinski definition) is 0. The molecule has 2 heterocycles. The second-order valence-electron chi connectivity index (χ2n) is 4.28. The molecule has 1 fully saturated rings. The summed E-state index contributed by atoms with van der Waals surface area (Å²) in [5.74, 6) is 0.473. The molecular formula is C12H8BrCl2N3O. The van der Waals surface area contributed by atoms with Gasteiger partial charge >= 0.3 is 0 Å². The lowest BCUT2D eigenvalue weighted by atomic mass is 10.2. The number of rotatable bonds is 1. The fourth-order valence-electron chi connectivity index (χ4n) is 2.13. The SMILES string of the molecule is O=C1CC(Cl)CN1c1nc(Cl)nc2ccc(Br)cc12. The van der Waals surface area contributed by atoms with Gasteiger partial charge in [0.1, 0.15) is 5.82 Å². The highest BCUT2D eigenvalue weighted by atomic mass is 79.9. The van der Waals surface area contributed by atoms with E-state index in [-0.39, 0.29) is 16.6 Å². The molecule has 1 saturated heterocycles. The number of carbonyl (C=O) groups excluding carboxylic acids is 1. The minimum absolute atomic E-state index is 0.0453. The maximum Gasteiger partial charge on any atom is 0.229 e. The van der Waals surface area contributed by atoms with Crippen molar-refractivity contribution in [3.05, 3.63) is 28.0 Å². The van der Waals surface area contributed by atoms with Crippen molar-refractivity contribution in [3.8, 4) is 0 Å². The normalized spacial score (nSPS) is 19.4. The Kier molecular flexibility index (Phi) is 3.37. The highest BCUT2D eigenvalue weighted by molar-refractivity contribution is 9.10. The molecule has 3 rings (SSSR count). The smallest absolute Gasteiger partial charge is 0.229 e. The average molecular weight is 361 g/mol. The van der Waals surface area contributed by atoms with E-state index in [1.165, 1.54) is 0 Å². The minimum atomic E-state index is -0.191. The molecule has 2 aromatic rings. The van der Waals surface area contributed by atoms with E-state index in [1.54, 1.807) is 4.90 Å². The van der Waals surface area contributed by atoms with Crippen LogP contribution >= 0.6 is 39.1 Å². The van der Waals surface area contributed by atoms with Gasteiger partial charge in [-0.2, -0.15) is 4.98 Å². The van der Waals surface area contributed by atoms with Gasteiger partial charge in [-0.15, -0.1) is 11.6 Å². The van der Waals surface area contributed by atoms with E-state index in [0.717, 1.165) is 9.86 Å². The summed E-state index contributed by atoms with van der Waals surface area (Å²) in [4.78, 5) is 21.9. The van der Waals surface area contributed by atoms with Crippen molar-refractivity contribution < 1.29 is 4.79 Å². The monoisotopic (exact) mass is 359 g/mol. The second kappa shape index (κ2) is 4.89. The van der Waals surface area contributed by atoms with Crippen LogP contribution in [0.5, 0.6) is 0 Å². The molecule has 1 aromatic carbocycles. The van der Waals surface area contributed by atoms with Crippen LogP contribution in [0.25, 0.3) is 10.9 Å². The molecule has 0 radical (unpaired) electrons. The van der Waals surface area contributed by atoms with Gasteiger partial charge in [-0.1, -0.05) is 15.9 Å². The Balaban J connectivity index is 2.22. The number of aromatic nitrogens is 2. The fourth-order valence-corrected chi connectivity index (χ4v) is 2.93. The highest BCUT2D eigenvalue weighted by Crippen LogP contribution is 2.31. The van der Waals surface area contributed by atoms with Gasteiger partial charge < -0.3 is 0 Å². The van der Waals surface area contributed by atoms with E-state index in [4.69, 9.17) is 23.2 Å². The lowest BCUT2D eigenvalue weighted by Gasteiger charge is -2.17. The highest BCUT2D eigenvalue weighted by Gasteiger charge is 2.31. The third-order valence-corrected chi connectivity index (χ3v) is 3.90. The van der Waals surface area contributed by atoms with E-state index in [9.17, 15) is 4.79 Å². The molecule has 98 valence electrons. The fraction of sp³-hybridized carbons (Fsp3) is 0.250. The molecule has 19 heavy (non-hydrogen) atoms. The number of fused-ring (bicyclic) bond motifs is 1. The van der Waals surface area contributed by atoms with Crippen molar-refractivity contribution >= 4 is 61.8 Å². The van der Waals surface area contributed by atoms with E-state index in [1.807, 2.05) is 18.2 Å². The van der Waals surface area contributed by atoms with Gasteiger partial charge in [0, 0.05) is 22.8 Å². The summed E-state index contributed by atoms with van der Waals surface area (Å²) in [6.45, 7) is 0.440. The topological polar surface area (TPSA) is 46.1 Å². The van der Waals surface area contributed by atoms with Crippen LogP contribution in [0.15, 0.2) is 22.7 Å². The van der Waals surface area contributed by atoms with Gasteiger partial charge in [0.05, 0.1) is 10.9 Å². The first-order chi connectivity index (χ1) is 9.04. The van der Waals surface area contributed by atoms with Crippen molar-refractivity contribution in [1.29, 1.82) is 0 Å². The van der Waals surface area contributed by atoms with Crippen LogP contribution in [0.4, 0.5) is 5.82 Å². The second-order valence-corrected chi connectivity index (χ2v) is 6.15. The van der Waals surface area contributed by atoms with Crippen molar-refractivity contribution in [1.82, 2.24) is 9.97 Å². The number of carbonyl (C=O) groups is 1. The summed E-state index contributed by atoms with van der Waals surface area (Å²) in [7, 11) is 0. The Morgan fingerprint density at radius 3 is 2.84 bits per heavy atom. The first kappa shape index (κ1) is 13.1. The summed E-state index contributed by atoms with van der Waals surface area (Å²) in [6.07, 6.45) is 0.318. The summed E-state index contributed by atoms with van der Waals surface area (Å²) >= 11 is 15.3. The molecule has 1 aromatic heterocycles. The van der Waals surface area contributed by atoms with Gasteiger partial charge in [-0.25, -0.2) is 4.98 Å². The number of halogens is 3. The van der Waals surface area contributed by atoms with Gasteiger partial charge in [-0.3, -0.25) is 9.69 Å². The van der Waals surface area contributed by atoms with E-state index in [2.05, 4.69) is 25.9 Å². The summed E-state index contributed by atoms with van der Waals surface area (Å²) in [6, 6.07) is 5.57. The molecule has 0 spiro atoms. The average Bonchev–Trinajstić information content (AvgIpc) is 2.68. The first-order valence-corrected chi connectivity index (χ1v) is 7.22. The minimum Gasteiger partial charge on any atom is -0.295 e. The third kappa shape index (κ3) is 2.42. The molecule has 0 N–H and O–H groups in total. The Bertz CT molecular complexity index is 679. The standard InChI is InChI=1S/C12H8BrCl2N3O/c13-6-1-2-9-8(3-6)11(17-12(15)16-9)18-5-7(14)4-10(18)19/h1-3,7H,4-5H2. The number of amides is 1. The predicted octanol–water partition coefficient (Wildman–Crippen LogP) is 3.39. The van der Waals surface area contributed by atoms with Crippen molar-refractivity contribution in [2.45, 2.75) is 11.8 Å². The molecule has 1 unspecified atom stereocenters. The maximum atomic E-state index is 12.0. The van der Waals surface area contributed by atoms with Crippen molar-refractivity contribution in [2.75, 3.05) is 11.4 Å². The molecule has 1 atom stereocenters. The lowest BCUT2D eigenvalue weighted by molar-refractivity contribution is -0.117. The molecular weight excluding hydrogens is 353 g/mol. The maximum absolute atomic E-state index is 12.0. The number of benzene rings is 1. The van der Waals surface area contributed by atoms with E-state index < -0.39 is 0 Å². The Morgan fingerprint density at radius 2 is 2.16 bits per heavy atom. The van der Waals surface area contributed by atoms with Gasteiger partial charge in [0.2, 0.25) is 11.2 Å². The zero-order valence-electron chi connectivity index (χ0n) is 9.61. The first-order valence-electron chi connectivity index (χ1n) is 5.62. The predicted molar refractivity (Wildman–Crippen MR) is 78.9 cm³/mol. The molecule has 1 aliphatic heterocycles. The van der Waals surface area contributed by atoms with Crippen LogP contribution in [0.3, 0.4) is 0 Å². The number of alkyl halides is 1. The van der Waals surface area contributed by atoms with Crippen LogP contribution in [0.1, 0.15) is 6.42 Å². The molecule has 0 saturated carbocycles. The lowest BCUT2D eigenvalue weighted by Crippen LogP contribution is -2.26. The summed E-state index contributed by atoms with van der Waals surface area (Å²) in [5.41, 5.74) is 0.698. The van der Waals surface area contributed by atoms with Crippen molar-refractivity contribution in [3.63, 3.8) is 0 Å². The van der Waals surface area contributed by atoms with Crippen LogP contribution in [0.2, 0.25) is 5.28 Å². The largest absolute Gasteiger partial charge is 0.295 e. The number of hydrogen-bond acceptors (Lipinski definition) is 3. The van der Waals surface area contributed by atoms with Gasteiger partial charge in [0.25, 0.3) is 0 Å². The zero-order valence-corrected chi connectivity index (χ0v) is 12.7. The van der Waals surface area contributed by atoms with E-state index >= 15 is 0 Å². The molecule has 0 aliphatic carbocycles. The third-order valence-electron chi connectivity index (χ3n) is 2.94. The zero-order chi connectivity index (χ0) is 13.6. The van der Waals surface area contributed by atoms with Gasteiger partial charge in [-0.05, 0) is 29.8 Å². The van der Waals surface area contributed by atoms with E-state index in [0.29, 0.717) is 24.3 Å². The number of nitrogens with zero attached hydrogens (tertiary/aromatic N) is 3. The van der Waals surface area contributed by atoms with Crippen LogP contribution in [-0.4, -0.2) is 27.8 Å². The molecule has 4 nitrogen and oxygen atoms in total. The Labute approximate surface area is 127 Å². The quantitative estimate of drug-likeness (QED) is 0.578. The molecule has 0 bridgehead atoms. The van der Waals surface area contributed by atoms with Crippen molar-refractivity contribution in [2.24, 2.45) is 0 Å².